The molecule has 0 spiro atoms. The number of aromatic nitrogens is 2. The van der Waals surface area contributed by atoms with Crippen molar-refractivity contribution in [3.8, 4) is 0 Å². The average molecular weight is 259 g/mol. The van der Waals surface area contributed by atoms with Gasteiger partial charge in [-0.25, -0.2) is 9.97 Å². The van der Waals surface area contributed by atoms with Crippen LogP contribution in [0, 0.1) is 0 Å². The first-order chi connectivity index (χ1) is 8.79. The summed E-state index contributed by atoms with van der Waals surface area (Å²) in [7, 11) is 0. The molecule has 1 aromatic carbocycles. The first kappa shape index (κ1) is 13.1. The minimum Gasteiger partial charge on any atom is -0.306 e. The monoisotopic (exact) mass is 259 g/mol. The van der Waals surface area contributed by atoms with Crippen molar-refractivity contribution in [2.45, 2.75) is 24.7 Å². The van der Waals surface area contributed by atoms with E-state index in [4.69, 9.17) is 0 Å². The molecule has 1 atom stereocenters. The van der Waals surface area contributed by atoms with E-state index in [1.165, 1.54) is 5.56 Å². The number of rotatable bonds is 5. The van der Waals surface area contributed by atoms with E-state index >= 15 is 0 Å². The molecule has 0 fully saturated rings. The van der Waals surface area contributed by atoms with Crippen LogP contribution in [0.15, 0.2) is 47.9 Å². The predicted molar refractivity (Wildman–Crippen MR) is 75.5 cm³/mol. The highest BCUT2D eigenvalue weighted by molar-refractivity contribution is 7.98. The minimum absolute atomic E-state index is 0.325. The molecular formula is C14H17N3S. The molecular weight excluding hydrogens is 242 g/mol. The summed E-state index contributed by atoms with van der Waals surface area (Å²) in [6.07, 6.45) is 5.73. The van der Waals surface area contributed by atoms with Gasteiger partial charge in [-0.3, -0.25) is 0 Å². The van der Waals surface area contributed by atoms with Crippen LogP contribution in [0.5, 0.6) is 0 Å². The summed E-state index contributed by atoms with van der Waals surface area (Å²) in [6.45, 7) is 2.94. The second kappa shape index (κ2) is 6.52. The molecule has 2 rings (SSSR count). The van der Waals surface area contributed by atoms with Gasteiger partial charge >= 0.3 is 0 Å². The quantitative estimate of drug-likeness (QED) is 0.661. The number of hydrogen-bond donors (Lipinski definition) is 1. The Balaban J connectivity index is 1.91. The Morgan fingerprint density at radius 3 is 2.44 bits per heavy atom. The van der Waals surface area contributed by atoms with Gasteiger partial charge in [0.1, 0.15) is 0 Å². The Labute approximate surface area is 112 Å². The summed E-state index contributed by atoms with van der Waals surface area (Å²) < 4.78 is 0. The second-order valence-corrected chi connectivity index (χ2v) is 4.86. The minimum atomic E-state index is 0.325. The lowest BCUT2D eigenvalue weighted by Gasteiger charge is -2.13. The maximum atomic E-state index is 4.26. The van der Waals surface area contributed by atoms with Gasteiger partial charge in [-0.2, -0.15) is 0 Å². The van der Waals surface area contributed by atoms with Crippen LogP contribution < -0.4 is 5.32 Å². The van der Waals surface area contributed by atoms with Gasteiger partial charge in [0, 0.05) is 30.5 Å². The third-order valence-electron chi connectivity index (χ3n) is 2.78. The van der Waals surface area contributed by atoms with E-state index in [1.54, 1.807) is 11.8 Å². The van der Waals surface area contributed by atoms with E-state index in [1.807, 2.05) is 24.7 Å². The molecule has 0 saturated carbocycles. The van der Waals surface area contributed by atoms with Crippen molar-refractivity contribution < 1.29 is 0 Å². The normalized spacial score (nSPS) is 12.3. The largest absolute Gasteiger partial charge is 0.306 e. The molecule has 4 heteroatoms. The van der Waals surface area contributed by atoms with Gasteiger partial charge in [0.15, 0.2) is 5.16 Å². The molecule has 3 nitrogen and oxygen atoms in total. The predicted octanol–water partition coefficient (Wildman–Crippen LogP) is 3.05. The molecule has 0 aliphatic heterocycles. The van der Waals surface area contributed by atoms with Crippen molar-refractivity contribution in [2.75, 3.05) is 6.26 Å². The van der Waals surface area contributed by atoms with Crippen LogP contribution in [0.3, 0.4) is 0 Å². The van der Waals surface area contributed by atoms with E-state index in [0.29, 0.717) is 6.04 Å². The summed E-state index contributed by atoms with van der Waals surface area (Å²) in [5.41, 5.74) is 2.40. The Hall–Kier alpha value is -1.39. The molecule has 0 aliphatic carbocycles. The van der Waals surface area contributed by atoms with Gasteiger partial charge in [-0.15, -0.1) is 0 Å². The summed E-state index contributed by atoms with van der Waals surface area (Å²) in [4.78, 5) is 8.52. The van der Waals surface area contributed by atoms with Gasteiger partial charge in [0.25, 0.3) is 0 Å². The molecule has 94 valence electrons. The average Bonchev–Trinajstić information content (AvgIpc) is 2.46. The Morgan fingerprint density at radius 2 is 1.83 bits per heavy atom. The molecule has 0 saturated heterocycles. The molecule has 0 amide bonds. The molecule has 1 heterocycles. The summed E-state index contributed by atoms with van der Waals surface area (Å²) in [5.74, 6) is 0. The summed E-state index contributed by atoms with van der Waals surface area (Å²) >= 11 is 1.56. The van der Waals surface area contributed by atoms with Crippen molar-refractivity contribution >= 4 is 11.8 Å². The van der Waals surface area contributed by atoms with Crippen LogP contribution >= 0.6 is 11.8 Å². The van der Waals surface area contributed by atoms with Gasteiger partial charge in [0.05, 0.1) is 0 Å². The molecule has 18 heavy (non-hydrogen) atoms. The Morgan fingerprint density at radius 1 is 1.17 bits per heavy atom. The molecule has 2 aromatic rings. The molecule has 0 radical (unpaired) electrons. The van der Waals surface area contributed by atoms with Crippen molar-refractivity contribution in [1.29, 1.82) is 0 Å². The van der Waals surface area contributed by atoms with Crippen LogP contribution in [0.2, 0.25) is 0 Å². The highest BCUT2D eigenvalue weighted by atomic mass is 32.2. The van der Waals surface area contributed by atoms with Gasteiger partial charge < -0.3 is 5.32 Å². The van der Waals surface area contributed by atoms with Gasteiger partial charge in [0.2, 0.25) is 0 Å². The van der Waals surface area contributed by atoms with Crippen molar-refractivity contribution in [3.63, 3.8) is 0 Å². The lowest BCUT2D eigenvalue weighted by molar-refractivity contribution is 0.571. The zero-order chi connectivity index (χ0) is 12.8. The first-order valence-corrected chi connectivity index (χ1v) is 7.15. The summed E-state index contributed by atoms with van der Waals surface area (Å²) in [5, 5.41) is 4.28. The topological polar surface area (TPSA) is 37.8 Å². The van der Waals surface area contributed by atoms with Crippen LogP contribution in [-0.2, 0) is 6.54 Å². The van der Waals surface area contributed by atoms with E-state index in [-0.39, 0.29) is 0 Å². The molecule has 0 aliphatic rings. The fourth-order valence-electron chi connectivity index (χ4n) is 1.67. The summed E-state index contributed by atoms with van der Waals surface area (Å²) in [6, 6.07) is 10.7. The molecule has 0 bridgehead atoms. The van der Waals surface area contributed by atoms with E-state index < -0.39 is 0 Å². The number of thioether (sulfide) groups is 1. The van der Waals surface area contributed by atoms with Crippen LogP contribution in [-0.4, -0.2) is 16.2 Å². The zero-order valence-electron chi connectivity index (χ0n) is 10.6. The zero-order valence-corrected chi connectivity index (χ0v) is 11.4. The van der Waals surface area contributed by atoms with Gasteiger partial charge in [-0.1, -0.05) is 42.1 Å². The van der Waals surface area contributed by atoms with Crippen molar-refractivity contribution in [1.82, 2.24) is 15.3 Å². The van der Waals surface area contributed by atoms with Crippen molar-refractivity contribution in [2.24, 2.45) is 0 Å². The van der Waals surface area contributed by atoms with Crippen molar-refractivity contribution in [3.05, 3.63) is 53.9 Å². The molecule has 1 N–H and O–H groups in total. The molecule has 1 aromatic heterocycles. The van der Waals surface area contributed by atoms with E-state index in [9.17, 15) is 0 Å². The maximum Gasteiger partial charge on any atom is 0.187 e. The van der Waals surface area contributed by atoms with Crippen LogP contribution in [0.1, 0.15) is 24.1 Å². The lowest BCUT2D eigenvalue weighted by atomic mass is 10.1. The Bertz CT molecular complexity index is 470. The number of benzene rings is 1. The Kier molecular flexibility index (Phi) is 4.73. The molecule has 0 unspecified atom stereocenters. The van der Waals surface area contributed by atoms with Gasteiger partial charge in [-0.05, 0) is 18.7 Å². The number of nitrogens with one attached hydrogen (secondary N) is 1. The van der Waals surface area contributed by atoms with Crippen LogP contribution in [0.4, 0.5) is 0 Å². The maximum absolute atomic E-state index is 4.26. The standard InChI is InChI=1S/C14H17N3S/c1-11(13-6-4-3-5-7-13)15-8-12-9-16-14(18-2)17-10-12/h3-7,9-11,15H,8H2,1-2H3/t11-/m1/s1. The third kappa shape index (κ3) is 3.55. The van der Waals surface area contributed by atoms with E-state index in [2.05, 4.69) is 46.5 Å². The number of nitrogens with zero attached hydrogens (tertiary/aromatic N) is 2. The van der Waals surface area contributed by atoms with Crippen LogP contribution in [0.25, 0.3) is 0 Å². The highest BCUT2D eigenvalue weighted by Gasteiger charge is 2.04. The fourth-order valence-corrected chi connectivity index (χ4v) is 1.99. The number of hydrogen-bond acceptors (Lipinski definition) is 4. The lowest BCUT2D eigenvalue weighted by Crippen LogP contribution is -2.18. The second-order valence-electron chi connectivity index (χ2n) is 4.09. The van der Waals surface area contributed by atoms with E-state index in [0.717, 1.165) is 17.3 Å². The third-order valence-corrected chi connectivity index (χ3v) is 3.35. The first-order valence-electron chi connectivity index (χ1n) is 5.93. The fraction of sp³-hybridized carbons (Fsp3) is 0.286. The highest BCUT2D eigenvalue weighted by Crippen LogP contribution is 2.12. The SMILES string of the molecule is CSc1ncc(CN[C@H](C)c2ccccc2)cn1. The smallest absolute Gasteiger partial charge is 0.187 e.